The molecule has 1 aliphatic carbocycles. The van der Waals surface area contributed by atoms with Gasteiger partial charge in [-0.05, 0) is 37.0 Å². The second kappa shape index (κ2) is 5.24. The van der Waals surface area contributed by atoms with E-state index >= 15 is 0 Å². The summed E-state index contributed by atoms with van der Waals surface area (Å²) in [5.41, 5.74) is 5.80. The standard InChI is InChI=1S/C11H14BrFN2O2S/c12-8-3-4-11(9(13)5-8)18(16,17)15-6-10(14)7-1-2-7/h3-5,7,10,15H,1-2,6,14H2. The van der Waals surface area contributed by atoms with Crippen molar-refractivity contribution in [2.24, 2.45) is 11.7 Å². The van der Waals surface area contributed by atoms with E-state index in [-0.39, 0.29) is 17.5 Å². The van der Waals surface area contributed by atoms with Crippen LogP contribution in [0, 0.1) is 11.7 Å². The van der Waals surface area contributed by atoms with Crippen molar-refractivity contribution in [3.63, 3.8) is 0 Å². The molecule has 2 rings (SSSR count). The number of hydrogen-bond donors (Lipinski definition) is 2. The average Bonchev–Trinajstić information content (AvgIpc) is 3.09. The van der Waals surface area contributed by atoms with Gasteiger partial charge in [-0.1, -0.05) is 15.9 Å². The smallest absolute Gasteiger partial charge is 0.243 e. The number of rotatable bonds is 5. The van der Waals surface area contributed by atoms with Crippen molar-refractivity contribution in [1.82, 2.24) is 4.72 Å². The molecule has 18 heavy (non-hydrogen) atoms. The predicted octanol–water partition coefficient (Wildman–Crippen LogP) is 1.60. The molecule has 0 saturated heterocycles. The van der Waals surface area contributed by atoms with Gasteiger partial charge in [-0.2, -0.15) is 0 Å². The van der Waals surface area contributed by atoms with Gasteiger partial charge in [0.2, 0.25) is 10.0 Å². The summed E-state index contributed by atoms with van der Waals surface area (Å²) < 4.78 is 40.2. The summed E-state index contributed by atoms with van der Waals surface area (Å²) in [5.74, 6) is -0.390. The third-order valence-electron chi connectivity index (χ3n) is 2.92. The molecule has 0 aromatic heterocycles. The van der Waals surface area contributed by atoms with E-state index in [1.54, 1.807) is 0 Å². The first-order valence-electron chi connectivity index (χ1n) is 5.60. The summed E-state index contributed by atoms with van der Waals surface area (Å²) in [6.45, 7) is 0.141. The van der Waals surface area contributed by atoms with E-state index in [2.05, 4.69) is 20.7 Å². The van der Waals surface area contributed by atoms with E-state index in [0.717, 1.165) is 18.9 Å². The van der Waals surface area contributed by atoms with Crippen LogP contribution in [0.2, 0.25) is 0 Å². The Balaban J connectivity index is 2.09. The van der Waals surface area contributed by atoms with Gasteiger partial charge in [0.1, 0.15) is 10.7 Å². The molecule has 7 heteroatoms. The van der Waals surface area contributed by atoms with Gasteiger partial charge in [-0.15, -0.1) is 0 Å². The minimum absolute atomic E-state index is 0.141. The summed E-state index contributed by atoms with van der Waals surface area (Å²) in [6.07, 6.45) is 2.07. The summed E-state index contributed by atoms with van der Waals surface area (Å²) in [4.78, 5) is -0.353. The third kappa shape index (κ3) is 3.28. The van der Waals surface area contributed by atoms with Gasteiger partial charge in [-0.3, -0.25) is 0 Å². The second-order valence-electron chi connectivity index (χ2n) is 4.43. The van der Waals surface area contributed by atoms with Crippen molar-refractivity contribution in [2.45, 2.75) is 23.8 Å². The zero-order chi connectivity index (χ0) is 13.3. The van der Waals surface area contributed by atoms with Crippen LogP contribution in [0.4, 0.5) is 4.39 Å². The highest BCUT2D eigenvalue weighted by atomic mass is 79.9. The number of benzene rings is 1. The molecule has 1 aromatic rings. The third-order valence-corrected chi connectivity index (χ3v) is 4.87. The summed E-state index contributed by atoms with van der Waals surface area (Å²) in [7, 11) is -3.83. The zero-order valence-electron chi connectivity index (χ0n) is 9.57. The Hall–Kier alpha value is -0.500. The molecule has 100 valence electrons. The number of halogens is 2. The van der Waals surface area contributed by atoms with Crippen molar-refractivity contribution in [3.05, 3.63) is 28.5 Å². The lowest BCUT2D eigenvalue weighted by Crippen LogP contribution is -2.38. The lowest BCUT2D eigenvalue weighted by atomic mass is 10.2. The summed E-state index contributed by atoms with van der Waals surface area (Å²) >= 11 is 3.08. The van der Waals surface area contributed by atoms with Gasteiger partial charge in [-0.25, -0.2) is 17.5 Å². The Morgan fingerprint density at radius 2 is 2.17 bits per heavy atom. The number of hydrogen-bond acceptors (Lipinski definition) is 3. The van der Waals surface area contributed by atoms with Crippen LogP contribution in [0.25, 0.3) is 0 Å². The Morgan fingerprint density at radius 1 is 1.50 bits per heavy atom. The van der Waals surface area contributed by atoms with E-state index in [1.165, 1.54) is 12.1 Å². The van der Waals surface area contributed by atoms with Gasteiger partial charge < -0.3 is 5.73 Å². The van der Waals surface area contributed by atoms with Crippen LogP contribution in [0.1, 0.15) is 12.8 Å². The molecule has 0 heterocycles. The topological polar surface area (TPSA) is 72.2 Å². The molecule has 1 aliphatic rings. The SMILES string of the molecule is NC(CNS(=O)(=O)c1ccc(Br)cc1F)C1CC1. The molecule has 0 radical (unpaired) electrons. The predicted molar refractivity (Wildman–Crippen MR) is 70.0 cm³/mol. The molecule has 0 bridgehead atoms. The molecule has 1 fully saturated rings. The Kier molecular flexibility index (Phi) is 4.05. The molecular weight excluding hydrogens is 323 g/mol. The minimum Gasteiger partial charge on any atom is -0.326 e. The lowest BCUT2D eigenvalue weighted by Gasteiger charge is -2.12. The van der Waals surface area contributed by atoms with E-state index < -0.39 is 15.8 Å². The highest BCUT2D eigenvalue weighted by Gasteiger charge is 2.29. The first-order chi connectivity index (χ1) is 8.40. The maximum Gasteiger partial charge on any atom is 0.243 e. The van der Waals surface area contributed by atoms with Crippen LogP contribution < -0.4 is 10.5 Å². The Bertz CT molecular complexity index is 546. The quantitative estimate of drug-likeness (QED) is 0.857. The van der Waals surface area contributed by atoms with Gasteiger partial charge >= 0.3 is 0 Å². The molecule has 1 saturated carbocycles. The summed E-state index contributed by atoms with van der Waals surface area (Å²) in [5, 5.41) is 0. The van der Waals surface area contributed by atoms with Crippen LogP contribution in [-0.2, 0) is 10.0 Å². The van der Waals surface area contributed by atoms with E-state index in [1.807, 2.05) is 0 Å². The van der Waals surface area contributed by atoms with Crippen LogP contribution in [0.5, 0.6) is 0 Å². The molecule has 0 amide bonds. The van der Waals surface area contributed by atoms with Crippen LogP contribution in [0.15, 0.2) is 27.6 Å². The molecule has 3 N–H and O–H groups in total. The van der Waals surface area contributed by atoms with E-state index in [0.29, 0.717) is 10.4 Å². The van der Waals surface area contributed by atoms with Gasteiger partial charge in [0, 0.05) is 17.1 Å². The van der Waals surface area contributed by atoms with Crippen LogP contribution in [0.3, 0.4) is 0 Å². The van der Waals surface area contributed by atoms with Gasteiger partial charge in [0.05, 0.1) is 0 Å². The molecule has 1 unspecified atom stereocenters. The number of nitrogens with two attached hydrogens (primary N) is 1. The zero-order valence-corrected chi connectivity index (χ0v) is 12.0. The molecular formula is C11H14BrFN2O2S. The van der Waals surface area contributed by atoms with Crippen molar-refractivity contribution in [3.8, 4) is 0 Å². The van der Waals surface area contributed by atoms with Crippen molar-refractivity contribution in [2.75, 3.05) is 6.54 Å². The fraction of sp³-hybridized carbons (Fsp3) is 0.455. The van der Waals surface area contributed by atoms with E-state index in [4.69, 9.17) is 5.73 Å². The van der Waals surface area contributed by atoms with E-state index in [9.17, 15) is 12.8 Å². The monoisotopic (exact) mass is 336 g/mol. The highest BCUT2D eigenvalue weighted by Crippen LogP contribution is 2.31. The lowest BCUT2D eigenvalue weighted by molar-refractivity contribution is 0.536. The van der Waals surface area contributed by atoms with Crippen molar-refractivity contribution in [1.29, 1.82) is 0 Å². The van der Waals surface area contributed by atoms with Gasteiger partial charge in [0.15, 0.2) is 0 Å². The molecule has 0 aliphatic heterocycles. The summed E-state index contributed by atoms with van der Waals surface area (Å²) in [6, 6.07) is 3.64. The fourth-order valence-electron chi connectivity index (χ4n) is 1.67. The van der Waals surface area contributed by atoms with Crippen LogP contribution >= 0.6 is 15.9 Å². The fourth-order valence-corrected chi connectivity index (χ4v) is 3.13. The van der Waals surface area contributed by atoms with Crippen molar-refractivity contribution < 1.29 is 12.8 Å². The minimum atomic E-state index is -3.83. The Labute approximate surface area is 114 Å². The molecule has 4 nitrogen and oxygen atoms in total. The van der Waals surface area contributed by atoms with Crippen molar-refractivity contribution >= 4 is 26.0 Å². The average molecular weight is 337 g/mol. The number of sulfonamides is 1. The van der Waals surface area contributed by atoms with Crippen LogP contribution in [-0.4, -0.2) is 21.0 Å². The maximum absolute atomic E-state index is 13.6. The number of nitrogens with one attached hydrogen (secondary N) is 1. The largest absolute Gasteiger partial charge is 0.326 e. The molecule has 1 atom stereocenters. The Morgan fingerprint density at radius 3 is 2.72 bits per heavy atom. The second-order valence-corrected chi connectivity index (χ2v) is 7.08. The first-order valence-corrected chi connectivity index (χ1v) is 7.88. The highest BCUT2D eigenvalue weighted by molar-refractivity contribution is 9.10. The first kappa shape index (κ1) is 13.9. The maximum atomic E-state index is 13.6. The van der Waals surface area contributed by atoms with Gasteiger partial charge in [0.25, 0.3) is 0 Å². The molecule has 0 spiro atoms. The normalized spacial score (nSPS) is 17.7. The molecule has 1 aromatic carbocycles.